The van der Waals surface area contributed by atoms with Crippen LogP contribution in [0.5, 0.6) is 0 Å². The Hall–Kier alpha value is -1.58. The van der Waals surface area contributed by atoms with Crippen LogP contribution < -0.4 is 5.32 Å². The molecule has 0 saturated heterocycles. The third-order valence-corrected chi connectivity index (χ3v) is 15.1. The van der Waals surface area contributed by atoms with E-state index in [0.29, 0.717) is 23.9 Å². The topological polar surface area (TPSA) is 125 Å². The third kappa shape index (κ3) is 55.0. The number of quaternary nitrogens is 1. The second-order valence-corrected chi connectivity index (χ2v) is 24.0. The number of aliphatic hydroxyl groups excluding tert-OH is 2. The van der Waals surface area contributed by atoms with E-state index < -0.39 is 32.7 Å². The van der Waals surface area contributed by atoms with E-state index in [4.69, 9.17) is 9.05 Å². The highest BCUT2D eigenvalue weighted by molar-refractivity contribution is 7.47. The Balaban J connectivity index is 3.97. The van der Waals surface area contributed by atoms with E-state index >= 15 is 0 Å². The lowest BCUT2D eigenvalue weighted by Crippen LogP contribution is -2.51. The van der Waals surface area contributed by atoms with E-state index in [0.717, 1.165) is 51.4 Å². The van der Waals surface area contributed by atoms with Crippen LogP contribution in [-0.4, -0.2) is 84.6 Å². The van der Waals surface area contributed by atoms with E-state index in [2.05, 4.69) is 67.8 Å². The van der Waals surface area contributed by atoms with Crippen molar-refractivity contribution in [2.24, 2.45) is 0 Å². The molecule has 10 heteroatoms. The summed E-state index contributed by atoms with van der Waals surface area (Å²) >= 11 is 0. The van der Waals surface area contributed by atoms with Gasteiger partial charge in [0.1, 0.15) is 19.3 Å². The molecule has 73 heavy (non-hydrogen) atoms. The Morgan fingerprint density at radius 1 is 0.479 bits per heavy atom. The van der Waals surface area contributed by atoms with E-state index in [1.54, 1.807) is 0 Å². The minimum Gasteiger partial charge on any atom is -0.390 e. The van der Waals surface area contributed by atoms with Gasteiger partial charge in [0, 0.05) is 6.42 Å². The summed E-state index contributed by atoms with van der Waals surface area (Å²) in [6.45, 7) is 4.56. The van der Waals surface area contributed by atoms with Crippen molar-refractivity contribution in [1.82, 2.24) is 5.32 Å². The third-order valence-electron chi connectivity index (χ3n) is 14.1. The van der Waals surface area contributed by atoms with E-state index in [-0.39, 0.29) is 18.9 Å². The molecular weight excluding hydrogens is 928 g/mol. The van der Waals surface area contributed by atoms with E-state index in [1.807, 2.05) is 21.1 Å². The van der Waals surface area contributed by atoms with Crippen LogP contribution in [0.1, 0.15) is 290 Å². The van der Waals surface area contributed by atoms with Gasteiger partial charge in [-0.1, -0.05) is 249 Å². The standard InChI is InChI=1S/C63H121N2O7P/c1-6-8-10-12-14-16-18-20-21-22-23-24-25-26-27-28-29-30-31-32-33-34-35-36-37-38-39-40-41-42-43-44-46-48-50-52-54-56-62(67)64-60(59-72-73(69,70)71-58-57-65(3,4)5)63(68)61(66)55-53-51-49-47-45-19-17-15-13-11-9-7-2/h15,17-18,20,22-23,47,49,60-61,63,66,68H,6-14,16,19,21,24-46,48,50-59H2,1-5H3,(H-,64,67,69,70)/p+1/b17-15+,20-18-,23-22-,49-47+. The molecule has 0 saturated carbocycles. The average molecular weight is 1050 g/mol. The van der Waals surface area contributed by atoms with Crippen molar-refractivity contribution in [3.05, 3.63) is 48.6 Å². The first kappa shape index (κ1) is 71.4. The van der Waals surface area contributed by atoms with E-state index in [1.165, 1.54) is 205 Å². The van der Waals surface area contributed by atoms with Crippen LogP contribution >= 0.6 is 7.82 Å². The maximum absolute atomic E-state index is 13.0. The number of nitrogens with zero attached hydrogens (tertiary/aromatic N) is 1. The maximum Gasteiger partial charge on any atom is 0.472 e. The molecule has 0 aromatic carbocycles. The summed E-state index contributed by atoms with van der Waals surface area (Å²) in [5.41, 5.74) is 0. The molecule has 4 unspecified atom stereocenters. The highest BCUT2D eigenvalue weighted by atomic mass is 31.2. The molecule has 0 aliphatic heterocycles. The van der Waals surface area contributed by atoms with Gasteiger partial charge in [0.15, 0.2) is 0 Å². The van der Waals surface area contributed by atoms with Gasteiger partial charge in [0.05, 0.1) is 39.9 Å². The van der Waals surface area contributed by atoms with Crippen LogP contribution in [-0.2, 0) is 18.4 Å². The Morgan fingerprint density at radius 2 is 0.822 bits per heavy atom. The monoisotopic (exact) mass is 1050 g/mol. The normalized spacial score (nSPS) is 14.6. The zero-order valence-corrected chi connectivity index (χ0v) is 49.6. The minimum atomic E-state index is -4.43. The highest BCUT2D eigenvalue weighted by Crippen LogP contribution is 2.43. The van der Waals surface area contributed by atoms with Crippen molar-refractivity contribution < 1.29 is 38.0 Å². The molecule has 0 aromatic heterocycles. The number of phosphoric ester groups is 1. The fraction of sp³-hybridized carbons (Fsp3) is 0.857. The Bertz CT molecular complexity index is 1350. The first-order valence-electron chi connectivity index (χ1n) is 31.1. The first-order chi connectivity index (χ1) is 35.4. The molecule has 0 spiro atoms. The fourth-order valence-corrected chi connectivity index (χ4v) is 9.93. The van der Waals surface area contributed by atoms with Crippen LogP contribution in [0.4, 0.5) is 0 Å². The smallest absolute Gasteiger partial charge is 0.390 e. The second kappa shape index (κ2) is 53.8. The van der Waals surface area contributed by atoms with Gasteiger partial charge in [0.2, 0.25) is 5.91 Å². The number of unbranched alkanes of at least 4 members (excludes halogenated alkanes) is 35. The zero-order chi connectivity index (χ0) is 53.6. The summed E-state index contributed by atoms with van der Waals surface area (Å²) in [7, 11) is 1.42. The predicted molar refractivity (Wildman–Crippen MR) is 315 cm³/mol. The van der Waals surface area contributed by atoms with Gasteiger partial charge in [-0.2, -0.15) is 0 Å². The lowest BCUT2D eigenvalue weighted by atomic mass is 10.0. The quantitative estimate of drug-likeness (QED) is 0.0207. The SMILES string of the molecule is CCCCC/C=C/CC/C=C/CCCC(O)C(O)C(COP(=O)(O)OCC[N+](C)(C)C)NC(=O)CCCCCCCCCCCCCCCCCCCCCCCCCCC/C=C\C/C=C\CCCCCCC. The highest BCUT2D eigenvalue weighted by Gasteiger charge is 2.32. The van der Waals surface area contributed by atoms with Gasteiger partial charge >= 0.3 is 7.82 Å². The molecule has 9 nitrogen and oxygen atoms in total. The number of aliphatic hydroxyl groups is 2. The average Bonchev–Trinajstić information content (AvgIpc) is 3.35. The fourth-order valence-electron chi connectivity index (χ4n) is 9.19. The zero-order valence-electron chi connectivity index (χ0n) is 48.7. The molecule has 4 atom stereocenters. The van der Waals surface area contributed by atoms with Gasteiger partial charge in [-0.15, -0.1) is 0 Å². The van der Waals surface area contributed by atoms with Crippen molar-refractivity contribution in [1.29, 1.82) is 0 Å². The summed E-state index contributed by atoms with van der Waals surface area (Å²) in [6.07, 6.45) is 68.1. The van der Waals surface area contributed by atoms with Crippen LogP contribution in [0.3, 0.4) is 0 Å². The van der Waals surface area contributed by atoms with Crippen molar-refractivity contribution in [3.8, 4) is 0 Å². The van der Waals surface area contributed by atoms with E-state index in [9.17, 15) is 24.5 Å². The predicted octanol–water partition coefficient (Wildman–Crippen LogP) is 18.1. The van der Waals surface area contributed by atoms with Crippen LogP contribution in [0, 0.1) is 0 Å². The number of hydrogen-bond donors (Lipinski definition) is 4. The van der Waals surface area contributed by atoms with Crippen LogP contribution in [0.25, 0.3) is 0 Å². The largest absolute Gasteiger partial charge is 0.472 e. The van der Waals surface area contributed by atoms with Crippen molar-refractivity contribution in [3.63, 3.8) is 0 Å². The Morgan fingerprint density at radius 3 is 1.25 bits per heavy atom. The lowest BCUT2D eigenvalue weighted by molar-refractivity contribution is -0.870. The van der Waals surface area contributed by atoms with Crippen molar-refractivity contribution in [2.45, 2.75) is 308 Å². The van der Waals surface area contributed by atoms with Gasteiger partial charge < -0.3 is 24.9 Å². The second-order valence-electron chi connectivity index (χ2n) is 22.5. The first-order valence-corrected chi connectivity index (χ1v) is 32.6. The number of nitrogens with one attached hydrogen (secondary N) is 1. The summed E-state index contributed by atoms with van der Waals surface area (Å²) in [5.74, 6) is -0.269. The van der Waals surface area contributed by atoms with Gasteiger partial charge in [-0.3, -0.25) is 13.8 Å². The Kier molecular flexibility index (Phi) is 52.6. The number of likely N-dealkylation sites (N-methyl/N-ethyl adjacent to an activating group) is 1. The number of hydrogen-bond acceptors (Lipinski definition) is 6. The summed E-state index contributed by atoms with van der Waals surface area (Å²) in [5, 5.41) is 24.8. The molecule has 0 aromatic rings. The number of carbonyl (C=O) groups excluding carboxylic acids is 1. The number of carbonyl (C=O) groups is 1. The molecule has 0 aliphatic carbocycles. The molecule has 0 heterocycles. The van der Waals surface area contributed by atoms with Crippen LogP contribution in [0.2, 0.25) is 0 Å². The van der Waals surface area contributed by atoms with Gasteiger partial charge in [-0.05, 0) is 83.5 Å². The molecule has 0 bridgehead atoms. The number of allylic oxidation sites excluding steroid dienone is 8. The van der Waals surface area contributed by atoms with Crippen molar-refractivity contribution >= 4 is 13.7 Å². The van der Waals surface area contributed by atoms with Crippen LogP contribution in [0.15, 0.2) is 48.6 Å². The number of phosphoric acid groups is 1. The van der Waals surface area contributed by atoms with Crippen molar-refractivity contribution in [2.75, 3.05) is 40.9 Å². The molecule has 0 radical (unpaired) electrons. The molecule has 0 aliphatic rings. The maximum atomic E-state index is 13.0. The number of rotatable bonds is 57. The number of amides is 1. The lowest BCUT2D eigenvalue weighted by Gasteiger charge is -2.28. The van der Waals surface area contributed by atoms with Gasteiger partial charge in [0.25, 0.3) is 0 Å². The summed E-state index contributed by atoms with van der Waals surface area (Å²) in [4.78, 5) is 23.3. The summed E-state index contributed by atoms with van der Waals surface area (Å²) in [6, 6.07) is -1.06. The molecule has 1 amide bonds. The molecule has 4 N–H and O–H groups in total. The molecule has 430 valence electrons. The van der Waals surface area contributed by atoms with Gasteiger partial charge in [-0.25, -0.2) is 4.57 Å². The summed E-state index contributed by atoms with van der Waals surface area (Å²) < 4.78 is 23.6. The Labute approximate surface area is 452 Å². The molecule has 0 fully saturated rings. The minimum absolute atomic E-state index is 0.0145. The molecule has 0 rings (SSSR count). The molecular formula is C63H122N2O7P+.